The molecule has 2 fully saturated rings. The average Bonchev–Trinajstić information content (AvgIpc) is 3.14. The van der Waals surface area contributed by atoms with Gasteiger partial charge in [-0.3, -0.25) is 4.79 Å². The Hall–Kier alpha value is -1.10. The van der Waals surface area contributed by atoms with Gasteiger partial charge in [0.15, 0.2) is 0 Å². The summed E-state index contributed by atoms with van der Waals surface area (Å²) < 4.78 is 0. The summed E-state index contributed by atoms with van der Waals surface area (Å²) in [4.78, 5) is 12.6. The van der Waals surface area contributed by atoms with Gasteiger partial charge in [0, 0.05) is 25.6 Å². The second kappa shape index (κ2) is 6.57. The van der Waals surface area contributed by atoms with Gasteiger partial charge in [-0.15, -0.1) is 12.4 Å². The minimum absolute atomic E-state index is 0. The highest BCUT2D eigenvalue weighted by Gasteiger charge is 2.51. The number of amides is 1. The Morgan fingerprint density at radius 3 is 2.41 bits per heavy atom. The molecule has 122 valence electrons. The molecule has 2 atom stereocenters. The largest absolute Gasteiger partial charge is 0.391 e. The second-order valence-corrected chi connectivity index (χ2v) is 6.65. The smallest absolute Gasteiger partial charge is 0.230 e. The lowest BCUT2D eigenvalue weighted by Gasteiger charge is -2.20. The molecule has 2 unspecified atom stereocenters. The van der Waals surface area contributed by atoms with Crippen LogP contribution in [0, 0.1) is 19.8 Å². The van der Waals surface area contributed by atoms with E-state index in [-0.39, 0.29) is 35.8 Å². The number of benzene rings is 1. The van der Waals surface area contributed by atoms with Gasteiger partial charge in [-0.05, 0) is 32.3 Å². The highest BCUT2D eigenvalue weighted by Crippen LogP contribution is 2.48. The summed E-state index contributed by atoms with van der Waals surface area (Å²) in [5.41, 5.74) is 3.23. The summed E-state index contributed by atoms with van der Waals surface area (Å²) in [6, 6.07) is 6.40. The maximum Gasteiger partial charge on any atom is 0.230 e. The zero-order valence-electron chi connectivity index (χ0n) is 13.2. The number of hydrogen-bond donors (Lipinski definition) is 3. The number of carbonyl (C=O) groups is 1. The standard InChI is InChI=1S/C17H24N2O2.ClH/c1-11-5-12(2)7-14(6-11)17(3-4-17)16(21)19-9-13-8-18-10-15(13)20;/h5-7,13,15,18,20H,3-4,8-10H2,1-2H3,(H,19,21);1H. The topological polar surface area (TPSA) is 61.4 Å². The van der Waals surface area contributed by atoms with Crippen molar-refractivity contribution in [2.75, 3.05) is 19.6 Å². The minimum Gasteiger partial charge on any atom is -0.391 e. The Labute approximate surface area is 138 Å². The molecule has 0 bridgehead atoms. The third kappa shape index (κ3) is 3.29. The molecule has 1 aliphatic carbocycles. The van der Waals surface area contributed by atoms with Crippen LogP contribution in [0.1, 0.15) is 29.5 Å². The first-order valence-electron chi connectivity index (χ1n) is 7.77. The fourth-order valence-corrected chi connectivity index (χ4v) is 3.34. The molecule has 5 heteroatoms. The summed E-state index contributed by atoms with van der Waals surface area (Å²) in [6.45, 7) is 6.11. The van der Waals surface area contributed by atoms with Crippen molar-refractivity contribution >= 4 is 18.3 Å². The lowest BCUT2D eigenvalue weighted by Crippen LogP contribution is -2.40. The molecule has 2 aliphatic rings. The van der Waals surface area contributed by atoms with Crippen molar-refractivity contribution in [2.45, 2.75) is 38.2 Å². The van der Waals surface area contributed by atoms with E-state index < -0.39 is 0 Å². The molecule has 3 rings (SSSR count). The molecule has 1 aromatic rings. The van der Waals surface area contributed by atoms with Gasteiger partial charge in [-0.2, -0.15) is 0 Å². The molecule has 1 amide bonds. The van der Waals surface area contributed by atoms with E-state index in [1.165, 1.54) is 11.1 Å². The normalized spacial score (nSPS) is 25.4. The molecule has 0 aromatic heterocycles. The van der Waals surface area contributed by atoms with Crippen LogP contribution < -0.4 is 10.6 Å². The van der Waals surface area contributed by atoms with E-state index in [2.05, 4.69) is 42.7 Å². The van der Waals surface area contributed by atoms with Crippen molar-refractivity contribution in [1.29, 1.82) is 0 Å². The van der Waals surface area contributed by atoms with Crippen LogP contribution in [0.4, 0.5) is 0 Å². The molecule has 1 saturated heterocycles. The fourth-order valence-electron chi connectivity index (χ4n) is 3.34. The molecule has 1 heterocycles. The lowest BCUT2D eigenvalue weighted by atomic mass is 9.91. The highest BCUT2D eigenvalue weighted by molar-refractivity contribution is 5.91. The van der Waals surface area contributed by atoms with Crippen molar-refractivity contribution in [3.8, 4) is 0 Å². The van der Waals surface area contributed by atoms with Gasteiger partial charge in [-0.25, -0.2) is 0 Å². The summed E-state index contributed by atoms with van der Waals surface area (Å²) in [6.07, 6.45) is 1.50. The molecule has 4 nitrogen and oxygen atoms in total. The van der Waals surface area contributed by atoms with Gasteiger partial charge in [0.1, 0.15) is 0 Å². The minimum atomic E-state index is -0.346. The number of carbonyl (C=O) groups excluding carboxylic acids is 1. The maximum absolute atomic E-state index is 12.6. The Balaban J connectivity index is 0.00000176. The summed E-state index contributed by atoms with van der Waals surface area (Å²) in [5, 5.41) is 16.0. The van der Waals surface area contributed by atoms with Gasteiger partial charge in [0.05, 0.1) is 11.5 Å². The van der Waals surface area contributed by atoms with Gasteiger partial charge in [0.25, 0.3) is 0 Å². The number of β-amino-alcohol motifs (C(OH)–C–C–N with tert-alkyl or cyclic N) is 1. The van der Waals surface area contributed by atoms with E-state index in [0.29, 0.717) is 13.1 Å². The first-order chi connectivity index (χ1) is 10.0. The lowest BCUT2D eigenvalue weighted by molar-refractivity contribution is -0.123. The van der Waals surface area contributed by atoms with E-state index in [1.54, 1.807) is 0 Å². The van der Waals surface area contributed by atoms with Gasteiger partial charge in [0.2, 0.25) is 5.91 Å². The van der Waals surface area contributed by atoms with E-state index >= 15 is 0 Å². The number of aliphatic hydroxyl groups is 1. The predicted molar refractivity (Wildman–Crippen MR) is 89.5 cm³/mol. The third-order valence-corrected chi connectivity index (χ3v) is 4.79. The fraction of sp³-hybridized carbons (Fsp3) is 0.588. The molecule has 0 spiro atoms. The Morgan fingerprint density at radius 2 is 1.91 bits per heavy atom. The maximum atomic E-state index is 12.6. The van der Waals surface area contributed by atoms with Crippen LogP contribution in [0.2, 0.25) is 0 Å². The van der Waals surface area contributed by atoms with E-state index in [0.717, 1.165) is 24.9 Å². The number of halogens is 1. The Kier molecular flexibility index (Phi) is 5.15. The van der Waals surface area contributed by atoms with Crippen molar-refractivity contribution < 1.29 is 9.90 Å². The monoisotopic (exact) mass is 324 g/mol. The Morgan fingerprint density at radius 1 is 1.27 bits per heavy atom. The van der Waals surface area contributed by atoms with Gasteiger partial charge >= 0.3 is 0 Å². The molecular weight excluding hydrogens is 300 g/mol. The van der Waals surface area contributed by atoms with Crippen molar-refractivity contribution in [1.82, 2.24) is 10.6 Å². The zero-order valence-corrected chi connectivity index (χ0v) is 14.0. The van der Waals surface area contributed by atoms with Gasteiger partial charge < -0.3 is 15.7 Å². The van der Waals surface area contributed by atoms with E-state index in [4.69, 9.17) is 0 Å². The molecule has 1 aromatic carbocycles. The molecule has 1 aliphatic heterocycles. The van der Waals surface area contributed by atoms with Crippen LogP contribution in [0.5, 0.6) is 0 Å². The molecule has 0 radical (unpaired) electrons. The molecular formula is C17H25ClN2O2. The van der Waals surface area contributed by atoms with E-state index in [9.17, 15) is 9.90 Å². The average molecular weight is 325 g/mol. The van der Waals surface area contributed by atoms with Crippen LogP contribution in [-0.2, 0) is 10.2 Å². The molecule has 3 N–H and O–H groups in total. The summed E-state index contributed by atoms with van der Waals surface area (Å²) >= 11 is 0. The number of rotatable bonds is 4. The quantitative estimate of drug-likeness (QED) is 0.785. The molecule has 22 heavy (non-hydrogen) atoms. The number of aliphatic hydroxyl groups excluding tert-OH is 1. The summed E-state index contributed by atoms with van der Waals surface area (Å²) in [5.74, 6) is 0.246. The number of aryl methyl sites for hydroxylation is 2. The van der Waals surface area contributed by atoms with Crippen molar-refractivity contribution in [2.24, 2.45) is 5.92 Å². The zero-order chi connectivity index (χ0) is 15.0. The highest BCUT2D eigenvalue weighted by atomic mass is 35.5. The predicted octanol–water partition coefficient (Wildman–Crippen LogP) is 1.45. The van der Waals surface area contributed by atoms with Gasteiger partial charge in [-0.1, -0.05) is 29.3 Å². The van der Waals surface area contributed by atoms with Crippen LogP contribution in [0.3, 0.4) is 0 Å². The SMILES string of the molecule is Cc1cc(C)cc(C2(C(=O)NCC3CNCC3O)CC2)c1.Cl. The van der Waals surface area contributed by atoms with E-state index in [1.807, 2.05) is 0 Å². The Bertz CT molecular complexity index is 537. The third-order valence-electron chi connectivity index (χ3n) is 4.79. The van der Waals surface area contributed by atoms with Crippen LogP contribution in [0.25, 0.3) is 0 Å². The number of hydrogen-bond acceptors (Lipinski definition) is 3. The van der Waals surface area contributed by atoms with Crippen molar-refractivity contribution in [3.05, 3.63) is 34.9 Å². The number of nitrogens with one attached hydrogen (secondary N) is 2. The first-order valence-corrected chi connectivity index (χ1v) is 7.77. The second-order valence-electron chi connectivity index (χ2n) is 6.65. The first kappa shape index (κ1) is 17.3. The summed E-state index contributed by atoms with van der Waals surface area (Å²) in [7, 11) is 0. The van der Waals surface area contributed by atoms with Crippen LogP contribution >= 0.6 is 12.4 Å². The van der Waals surface area contributed by atoms with Crippen LogP contribution in [-0.4, -0.2) is 36.8 Å². The van der Waals surface area contributed by atoms with Crippen LogP contribution in [0.15, 0.2) is 18.2 Å². The molecule has 1 saturated carbocycles. The van der Waals surface area contributed by atoms with Crippen molar-refractivity contribution in [3.63, 3.8) is 0 Å².